The smallest absolute Gasteiger partial charge is 0.336 e. The van der Waals surface area contributed by atoms with Gasteiger partial charge in [0, 0.05) is 12.6 Å². The number of aliphatic carboxylic acids is 1. The first-order valence-corrected chi connectivity index (χ1v) is 4.83. The summed E-state index contributed by atoms with van der Waals surface area (Å²) in [5.74, 6) is 2.68. The zero-order valence-corrected chi connectivity index (χ0v) is 9.17. The Labute approximate surface area is 98.1 Å². The Hall–Kier alpha value is -2.19. The Kier molecular flexibility index (Phi) is 3.96. The van der Waals surface area contributed by atoms with Gasteiger partial charge in [-0.1, -0.05) is 12.0 Å². The van der Waals surface area contributed by atoms with Crippen LogP contribution in [-0.4, -0.2) is 32.6 Å². The van der Waals surface area contributed by atoms with E-state index in [0.717, 1.165) is 6.92 Å². The number of hydrogen-bond acceptors (Lipinski definition) is 4. The molecule has 88 valence electrons. The molecular weight excluding hydrogens is 222 g/mol. The quantitative estimate of drug-likeness (QED) is 0.451. The minimum atomic E-state index is -1.95. The van der Waals surface area contributed by atoms with Crippen LogP contribution in [0.2, 0.25) is 0 Å². The number of carboxylic acids is 1. The van der Waals surface area contributed by atoms with E-state index in [0.29, 0.717) is 0 Å². The van der Waals surface area contributed by atoms with E-state index >= 15 is 0 Å². The molecule has 0 spiro atoms. The number of rotatable bonds is 3. The second-order valence-corrected chi connectivity index (χ2v) is 3.60. The lowest BCUT2D eigenvalue weighted by Gasteiger charge is -2.12. The first kappa shape index (κ1) is 12.9. The molecule has 0 amide bonds. The van der Waals surface area contributed by atoms with E-state index in [1.165, 1.54) is 12.3 Å². The molecule has 0 aliphatic rings. The molecule has 0 aromatic carbocycles. The molecule has 1 rings (SSSR count). The number of aromatic nitrogens is 1. The molecule has 1 atom stereocenters. The molecular formula is C12H11NO4. The van der Waals surface area contributed by atoms with Gasteiger partial charge in [0.1, 0.15) is 5.69 Å². The van der Waals surface area contributed by atoms with Gasteiger partial charge in [0.2, 0.25) is 0 Å². The lowest BCUT2D eigenvalue weighted by atomic mass is 10.0. The van der Waals surface area contributed by atoms with Crippen molar-refractivity contribution in [1.29, 1.82) is 0 Å². The van der Waals surface area contributed by atoms with Crippen molar-refractivity contribution in [3.63, 3.8) is 0 Å². The third-order valence-corrected chi connectivity index (χ3v) is 1.99. The molecule has 17 heavy (non-hydrogen) atoms. The predicted molar refractivity (Wildman–Crippen MR) is 59.2 cm³/mol. The van der Waals surface area contributed by atoms with Crippen LogP contribution in [0.15, 0.2) is 24.4 Å². The predicted octanol–water partition coefficient (Wildman–Crippen LogP) is 0.493. The number of hydrogen-bond donors (Lipinski definition) is 2. The molecule has 1 aromatic heterocycles. The summed E-state index contributed by atoms with van der Waals surface area (Å²) in [7, 11) is 0. The second-order valence-electron chi connectivity index (χ2n) is 3.60. The molecule has 5 heteroatoms. The van der Waals surface area contributed by atoms with Gasteiger partial charge in [-0.25, -0.2) is 4.79 Å². The minimum Gasteiger partial charge on any atom is -0.479 e. The Morgan fingerprint density at radius 1 is 1.47 bits per heavy atom. The van der Waals surface area contributed by atoms with E-state index in [1.54, 1.807) is 12.1 Å². The molecule has 0 saturated carbocycles. The van der Waals surface area contributed by atoms with Gasteiger partial charge in [0.05, 0.1) is 0 Å². The summed E-state index contributed by atoms with van der Waals surface area (Å²) in [6, 6.07) is 4.82. The van der Waals surface area contributed by atoms with Crippen molar-refractivity contribution in [3.05, 3.63) is 30.1 Å². The average molecular weight is 233 g/mol. The van der Waals surface area contributed by atoms with Crippen LogP contribution < -0.4 is 0 Å². The lowest BCUT2D eigenvalue weighted by molar-refractivity contribution is -0.155. The maximum Gasteiger partial charge on any atom is 0.336 e. The summed E-state index contributed by atoms with van der Waals surface area (Å²) < 4.78 is 0. The summed E-state index contributed by atoms with van der Waals surface area (Å²) in [4.78, 5) is 25.8. The van der Waals surface area contributed by atoms with Crippen molar-refractivity contribution in [2.24, 2.45) is 0 Å². The summed E-state index contributed by atoms with van der Waals surface area (Å²) in [5, 5.41) is 18.0. The van der Waals surface area contributed by atoms with Crippen molar-refractivity contribution in [2.75, 3.05) is 0 Å². The van der Waals surface area contributed by atoms with E-state index < -0.39 is 17.4 Å². The van der Waals surface area contributed by atoms with Gasteiger partial charge in [-0.05, 0) is 25.0 Å². The van der Waals surface area contributed by atoms with Gasteiger partial charge in [-0.3, -0.25) is 9.78 Å². The van der Waals surface area contributed by atoms with Crippen LogP contribution in [0.25, 0.3) is 0 Å². The maximum absolute atomic E-state index is 11.4. The fraction of sp³-hybridized carbons (Fsp3) is 0.250. The Morgan fingerprint density at radius 2 is 2.18 bits per heavy atom. The highest BCUT2D eigenvalue weighted by Gasteiger charge is 2.28. The highest BCUT2D eigenvalue weighted by molar-refractivity contribution is 6.07. The topological polar surface area (TPSA) is 87.5 Å². The average Bonchev–Trinajstić information content (AvgIpc) is 2.29. The number of Topliss-reactive ketones (excluding diaryl/α,β-unsaturated/α-hetero) is 1. The molecule has 1 aromatic rings. The van der Waals surface area contributed by atoms with Crippen LogP contribution in [0.3, 0.4) is 0 Å². The summed E-state index contributed by atoms with van der Waals surface area (Å²) in [5.41, 5.74) is -1.76. The molecule has 0 radical (unpaired) electrons. The normalized spacial score (nSPS) is 13.1. The third kappa shape index (κ3) is 3.70. The lowest BCUT2D eigenvalue weighted by Crippen LogP contribution is -2.34. The summed E-state index contributed by atoms with van der Waals surface area (Å²) >= 11 is 0. The largest absolute Gasteiger partial charge is 0.479 e. The van der Waals surface area contributed by atoms with Crippen molar-refractivity contribution in [1.82, 2.24) is 4.98 Å². The SMILES string of the molecule is CC(O)(CC#CC(=O)c1ccccn1)C(=O)O. The number of carboxylic acid groups (broad SMARTS) is 1. The zero-order valence-electron chi connectivity index (χ0n) is 9.17. The van der Waals surface area contributed by atoms with Crippen LogP contribution in [0.1, 0.15) is 23.8 Å². The Balaban J connectivity index is 2.69. The molecule has 2 N–H and O–H groups in total. The van der Waals surface area contributed by atoms with Crippen LogP contribution in [0.4, 0.5) is 0 Å². The number of carbonyl (C=O) groups is 2. The van der Waals surface area contributed by atoms with E-state index in [9.17, 15) is 14.7 Å². The monoisotopic (exact) mass is 233 g/mol. The Morgan fingerprint density at radius 3 is 2.71 bits per heavy atom. The highest BCUT2D eigenvalue weighted by atomic mass is 16.4. The highest BCUT2D eigenvalue weighted by Crippen LogP contribution is 2.07. The van der Waals surface area contributed by atoms with Crippen molar-refractivity contribution in [2.45, 2.75) is 18.9 Å². The number of pyridine rings is 1. The van der Waals surface area contributed by atoms with Crippen molar-refractivity contribution >= 4 is 11.8 Å². The van der Waals surface area contributed by atoms with Gasteiger partial charge >= 0.3 is 5.97 Å². The van der Waals surface area contributed by atoms with Crippen LogP contribution >= 0.6 is 0 Å². The minimum absolute atomic E-state index is 0.190. The molecule has 5 nitrogen and oxygen atoms in total. The number of aliphatic hydroxyl groups is 1. The third-order valence-electron chi connectivity index (χ3n) is 1.99. The van der Waals surface area contributed by atoms with Gasteiger partial charge in [0.25, 0.3) is 5.78 Å². The number of nitrogens with zero attached hydrogens (tertiary/aromatic N) is 1. The fourth-order valence-corrected chi connectivity index (χ4v) is 0.933. The van der Waals surface area contributed by atoms with E-state index in [2.05, 4.69) is 16.8 Å². The van der Waals surface area contributed by atoms with Gasteiger partial charge in [-0.2, -0.15) is 0 Å². The standard InChI is InChI=1S/C12H11NO4/c1-12(17,11(15)16)7-4-6-10(14)9-5-2-3-8-13-9/h2-3,5,8,17H,7H2,1H3,(H,15,16). The van der Waals surface area contributed by atoms with Crippen LogP contribution in [0, 0.1) is 11.8 Å². The summed E-state index contributed by atoms with van der Waals surface area (Å²) in [6.07, 6.45) is 1.14. The van der Waals surface area contributed by atoms with Crippen molar-refractivity contribution in [3.8, 4) is 11.8 Å². The molecule has 1 unspecified atom stereocenters. The summed E-state index contributed by atoms with van der Waals surface area (Å²) in [6.45, 7) is 1.12. The van der Waals surface area contributed by atoms with E-state index in [-0.39, 0.29) is 12.1 Å². The first-order chi connectivity index (χ1) is 7.93. The molecule has 0 saturated heterocycles. The molecule has 0 aliphatic carbocycles. The Bertz CT molecular complexity index is 482. The van der Waals surface area contributed by atoms with E-state index in [1.807, 2.05) is 0 Å². The van der Waals surface area contributed by atoms with Gasteiger partial charge in [-0.15, -0.1) is 0 Å². The molecule has 0 bridgehead atoms. The molecule has 1 heterocycles. The zero-order chi connectivity index (χ0) is 12.9. The molecule has 0 aliphatic heterocycles. The fourth-order valence-electron chi connectivity index (χ4n) is 0.933. The van der Waals surface area contributed by atoms with Crippen LogP contribution in [-0.2, 0) is 4.79 Å². The second kappa shape index (κ2) is 5.23. The van der Waals surface area contributed by atoms with Gasteiger partial charge in [0.15, 0.2) is 5.60 Å². The molecule has 0 fully saturated rings. The van der Waals surface area contributed by atoms with Crippen LogP contribution in [0.5, 0.6) is 0 Å². The first-order valence-electron chi connectivity index (χ1n) is 4.83. The van der Waals surface area contributed by atoms with Gasteiger partial charge < -0.3 is 10.2 Å². The number of carbonyl (C=O) groups excluding carboxylic acids is 1. The van der Waals surface area contributed by atoms with Crippen molar-refractivity contribution < 1.29 is 19.8 Å². The van der Waals surface area contributed by atoms with E-state index in [4.69, 9.17) is 5.11 Å². The maximum atomic E-state index is 11.4. The number of ketones is 1.